The molecule has 0 spiro atoms. The van der Waals surface area contributed by atoms with Crippen molar-refractivity contribution in [2.24, 2.45) is 0 Å². The average molecular weight is 386 g/mol. The van der Waals surface area contributed by atoms with E-state index in [1.165, 1.54) is 0 Å². The molecular formula is C29H22O. The van der Waals surface area contributed by atoms with Gasteiger partial charge in [-0.2, -0.15) is 0 Å². The fraction of sp³-hybridized carbons (Fsp3) is 0.0345. The Morgan fingerprint density at radius 3 is 1.50 bits per heavy atom. The Kier molecular flexibility index (Phi) is 6.08. The summed E-state index contributed by atoms with van der Waals surface area (Å²) in [7, 11) is 1.67. The summed E-state index contributed by atoms with van der Waals surface area (Å²) < 4.78 is 5.26. The molecule has 0 saturated carbocycles. The number of hydrogen-bond acceptors (Lipinski definition) is 1. The van der Waals surface area contributed by atoms with Gasteiger partial charge in [0, 0.05) is 16.7 Å². The van der Waals surface area contributed by atoms with Gasteiger partial charge in [0.05, 0.1) is 7.11 Å². The number of methoxy groups -OCH3 is 1. The van der Waals surface area contributed by atoms with Gasteiger partial charge in [0.25, 0.3) is 0 Å². The zero-order valence-electron chi connectivity index (χ0n) is 16.9. The van der Waals surface area contributed by atoms with Gasteiger partial charge in [-0.3, -0.25) is 0 Å². The van der Waals surface area contributed by atoms with Crippen molar-refractivity contribution in [2.75, 3.05) is 7.11 Å². The largest absolute Gasteiger partial charge is 0.497 e. The summed E-state index contributed by atoms with van der Waals surface area (Å²) in [4.78, 5) is 0. The molecule has 144 valence electrons. The van der Waals surface area contributed by atoms with Crippen LogP contribution in [0.3, 0.4) is 0 Å². The number of hydrogen-bond donors (Lipinski definition) is 0. The maximum Gasteiger partial charge on any atom is 0.118 e. The molecule has 0 aliphatic carbocycles. The van der Waals surface area contributed by atoms with Crippen molar-refractivity contribution in [2.45, 2.75) is 0 Å². The minimum Gasteiger partial charge on any atom is -0.497 e. The molecule has 30 heavy (non-hydrogen) atoms. The average Bonchev–Trinajstić information content (AvgIpc) is 2.84. The van der Waals surface area contributed by atoms with Crippen molar-refractivity contribution >= 4 is 11.1 Å². The van der Waals surface area contributed by atoms with Gasteiger partial charge in [0.2, 0.25) is 0 Å². The van der Waals surface area contributed by atoms with Gasteiger partial charge in [0.15, 0.2) is 0 Å². The lowest BCUT2D eigenvalue weighted by Crippen LogP contribution is -1.94. The molecule has 0 unspecified atom stereocenters. The van der Waals surface area contributed by atoms with Crippen molar-refractivity contribution in [3.63, 3.8) is 0 Å². The summed E-state index contributed by atoms with van der Waals surface area (Å²) in [5.41, 5.74) is 6.47. The van der Waals surface area contributed by atoms with E-state index in [9.17, 15) is 0 Å². The van der Waals surface area contributed by atoms with Crippen molar-refractivity contribution in [3.8, 4) is 17.6 Å². The van der Waals surface area contributed by atoms with Crippen LogP contribution < -0.4 is 4.74 Å². The maximum absolute atomic E-state index is 5.26. The first kappa shape index (κ1) is 19.3. The number of rotatable bonds is 4. The molecule has 4 aromatic carbocycles. The molecule has 0 aliphatic heterocycles. The van der Waals surface area contributed by atoms with Crippen LogP contribution in [0.15, 0.2) is 115 Å². The third kappa shape index (κ3) is 4.51. The first-order valence-corrected chi connectivity index (χ1v) is 9.92. The second-order valence-electron chi connectivity index (χ2n) is 6.83. The molecule has 0 fully saturated rings. The first-order chi connectivity index (χ1) is 14.8. The summed E-state index contributed by atoms with van der Waals surface area (Å²) >= 11 is 0. The minimum atomic E-state index is 0.827. The quantitative estimate of drug-likeness (QED) is 0.280. The molecule has 4 rings (SSSR count). The molecule has 1 heteroatoms. The third-order valence-electron chi connectivity index (χ3n) is 4.86. The number of ether oxygens (including phenoxy) is 1. The van der Waals surface area contributed by atoms with E-state index in [0.29, 0.717) is 0 Å². The minimum absolute atomic E-state index is 0.827. The molecule has 0 radical (unpaired) electrons. The smallest absolute Gasteiger partial charge is 0.118 e. The molecule has 0 saturated heterocycles. The van der Waals surface area contributed by atoms with Crippen LogP contribution in [0.5, 0.6) is 5.75 Å². The van der Waals surface area contributed by atoms with Gasteiger partial charge in [-0.1, -0.05) is 103 Å². The van der Waals surface area contributed by atoms with Crippen LogP contribution in [-0.2, 0) is 0 Å². The highest BCUT2D eigenvalue weighted by molar-refractivity contribution is 6.04. The van der Waals surface area contributed by atoms with Gasteiger partial charge in [-0.05, 0) is 41.0 Å². The molecular weight excluding hydrogens is 364 g/mol. The van der Waals surface area contributed by atoms with Crippen molar-refractivity contribution in [1.82, 2.24) is 0 Å². The van der Waals surface area contributed by atoms with Crippen LogP contribution in [0, 0.1) is 11.8 Å². The zero-order chi connectivity index (χ0) is 20.6. The van der Waals surface area contributed by atoms with Crippen LogP contribution in [0.2, 0.25) is 0 Å². The predicted octanol–water partition coefficient (Wildman–Crippen LogP) is 6.71. The highest BCUT2D eigenvalue weighted by atomic mass is 16.5. The predicted molar refractivity (Wildman–Crippen MR) is 125 cm³/mol. The van der Waals surface area contributed by atoms with E-state index in [4.69, 9.17) is 4.74 Å². The summed E-state index contributed by atoms with van der Waals surface area (Å²) in [6, 6.07) is 39.1. The van der Waals surface area contributed by atoms with E-state index < -0.39 is 0 Å². The fourth-order valence-corrected chi connectivity index (χ4v) is 3.36. The van der Waals surface area contributed by atoms with Crippen LogP contribution in [0.25, 0.3) is 11.1 Å². The lowest BCUT2D eigenvalue weighted by atomic mass is 9.89. The summed E-state index contributed by atoms with van der Waals surface area (Å²) in [6.45, 7) is 0. The van der Waals surface area contributed by atoms with Crippen LogP contribution >= 0.6 is 0 Å². The molecule has 1 nitrogen and oxygen atoms in total. The molecule has 0 aromatic heterocycles. The fourth-order valence-electron chi connectivity index (χ4n) is 3.36. The standard InChI is InChI=1S/C29H22O/c1-30-27-20-17-23(18-21-27)19-22-28(24-11-5-2-6-12-24)29(25-13-7-3-8-14-25)26-15-9-4-10-16-26/h2-18,20-21H,1H3. The van der Waals surface area contributed by atoms with Gasteiger partial charge < -0.3 is 4.74 Å². The van der Waals surface area contributed by atoms with Crippen molar-refractivity contribution in [3.05, 3.63) is 138 Å². The van der Waals surface area contributed by atoms with Crippen molar-refractivity contribution < 1.29 is 4.74 Å². The van der Waals surface area contributed by atoms with E-state index in [0.717, 1.165) is 39.1 Å². The lowest BCUT2D eigenvalue weighted by Gasteiger charge is -2.13. The highest BCUT2D eigenvalue weighted by Crippen LogP contribution is 2.32. The second kappa shape index (κ2) is 9.45. The third-order valence-corrected chi connectivity index (χ3v) is 4.86. The Labute approximate surface area is 178 Å². The Bertz CT molecular complexity index is 1140. The van der Waals surface area contributed by atoms with E-state index in [1.807, 2.05) is 42.5 Å². The zero-order valence-corrected chi connectivity index (χ0v) is 16.9. The first-order valence-electron chi connectivity index (χ1n) is 9.92. The van der Waals surface area contributed by atoms with E-state index >= 15 is 0 Å². The Hall–Kier alpha value is -4.02. The Morgan fingerprint density at radius 1 is 0.567 bits per heavy atom. The molecule has 0 N–H and O–H groups in total. The highest BCUT2D eigenvalue weighted by Gasteiger charge is 2.12. The van der Waals surface area contributed by atoms with E-state index in [1.54, 1.807) is 7.11 Å². The van der Waals surface area contributed by atoms with Gasteiger partial charge in [-0.25, -0.2) is 0 Å². The van der Waals surface area contributed by atoms with Crippen molar-refractivity contribution in [1.29, 1.82) is 0 Å². The monoisotopic (exact) mass is 386 g/mol. The Morgan fingerprint density at radius 2 is 1.03 bits per heavy atom. The van der Waals surface area contributed by atoms with E-state index in [2.05, 4.69) is 84.6 Å². The summed E-state index contributed by atoms with van der Waals surface area (Å²) in [5, 5.41) is 0. The van der Waals surface area contributed by atoms with Gasteiger partial charge in [0.1, 0.15) is 5.75 Å². The molecule has 4 aromatic rings. The van der Waals surface area contributed by atoms with Crippen LogP contribution in [0.4, 0.5) is 0 Å². The number of benzene rings is 4. The molecule has 0 heterocycles. The maximum atomic E-state index is 5.26. The molecule has 0 amide bonds. The SMILES string of the molecule is COc1ccc(C#CC(=C(c2ccccc2)c2ccccc2)c2ccccc2)cc1. The second-order valence-corrected chi connectivity index (χ2v) is 6.83. The molecule has 0 bridgehead atoms. The molecule has 0 atom stereocenters. The summed E-state index contributed by atoms with van der Waals surface area (Å²) in [6.07, 6.45) is 0. The van der Waals surface area contributed by atoms with E-state index in [-0.39, 0.29) is 0 Å². The molecule has 0 aliphatic rings. The normalized spacial score (nSPS) is 9.90. The van der Waals surface area contributed by atoms with Gasteiger partial charge in [-0.15, -0.1) is 0 Å². The number of allylic oxidation sites excluding steroid dienone is 1. The van der Waals surface area contributed by atoms with Crippen LogP contribution in [-0.4, -0.2) is 7.11 Å². The Balaban J connectivity index is 1.94. The topological polar surface area (TPSA) is 9.23 Å². The van der Waals surface area contributed by atoms with Gasteiger partial charge >= 0.3 is 0 Å². The lowest BCUT2D eigenvalue weighted by molar-refractivity contribution is 0.415. The summed E-state index contributed by atoms with van der Waals surface area (Å²) in [5.74, 6) is 7.65. The van der Waals surface area contributed by atoms with Crippen LogP contribution in [0.1, 0.15) is 22.3 Å².